The molecule has 1 fully saturated rings. The molecular formula is C19H29NO. The first-order valence-corrected chi connectivity index (χ1v) is 8.56. The highest BCUT2D eigenvalue weighted by Gasteiger charge is 2.43. The minimum Gasteiger partial charge on any atom is -0.389 e. The zero-order chi connectivity index (χ0) is 15.1. The molecule has 116 valence electrons. The largest absolute Gasteiger partial charge is 0.389 e. The van der Waals surface area contributed by atoms with E-state index in [0.717, 1.165) is 44.4 Å². The van der Waals surface area contributed by atoms with Crippen LogP contribution in [0.3, 0.4) is 0 Å². The third-order valence-electron chi connectivity index (χ3n) is 5.92. The molecule has 2 heteroatoms. The number of hydrogen-bond acceptors (Lipinski definition) is 2. The van der Waals surface area contributed by atoms with Crippen LogP contribution in [0, 0.1) is 11.3 Å². The van der Waals surface area contributed by atoms with Crippen molar-refractivity contribution in [1.29, 1.82) is 0 Å². The molecule has 2 aliphatic rings. The lowest BCUT2D eigenvalue weighted by molar-refractivity contribution is -0.00567. The fraction of sp³-hybridized carbons (Fsp3) is 0.737. The average molecular weight is 287 g/mol. The van der Waals surface area contributed by atoms with E-state index in [9.17, 15) is 5.11 Å². The van der Waals surface area contributed by atoms with Crippen LogP contribution in [0.2, 0.25) is 0 Å². The van der Waals surface area contributed by atoms with Crippen molar-refractivity contribution in [2.24, 2.45) is 11.3 Å². The molecule has 1 N–H and O–H groups in total. The maximum absolute atomic E-state index is 11.3. The lowest BCUT2D eigenvalue weighted by atomic mass is 9.75. The van der Waals surface area contributed by atoms with Gasteiger partial charge in [0.05, 0.1) is 5.60 Å². The van der Waals surface area contributed by atoms with E-state index in [1.54, 1.807) is 0 Å². The van der Waals surface area contributed by atoms with Crippen LogP contribution in [-0.2, 0) is 6.42 Å². The highest BCUT2D eigenvalue weighted by atomic mass is 16.3. The normalized spacial score (nSPS) is 33.5. The minimum atomic E-state index is -0.528. The van der Waals surface area contributed by atoms with E-state index in [2.05, 4.69) is 31.8 Å². The number of hydrogen-bond donors (Lipinski definition) is 1. The minimum absolute atomic E-state index is 0.257. The van der Waals surface area contributed by atoms with Gasteiger partial charge in [0, 0.05) is 17.8 Å². The van der Waals surface area contributed by atoms with Gasteiger partial charge in [0.25, 0.3) is 0 Å². The van der Waals surface area contributed by atoms with E-state index >= 15 is 0 Å². The lowest BCUT2D eigenvalue weighted by Crippen LogP contribution is -2.35. The molecule has 3 rings (SSSR count). The summed E-state index contributed by atoms with van der Waals surface area (Å²) in [6.45, 7) is 7.03. The predicted octanol–water partition coefficient (Wildman–Crippen LogP) is 4.47. The Bertz CT molecular complexity index is 505. The first kappa shape index (κ1) is 15.0. The maximum atomic E-state index is 11.3. The Balaban J connectivity index is 1.80. The van der Waals surface area contributed by atoms with Gasteiger partial charge in [-0.3, -0.25) is 4.98 Å². The molecule has 0 aromatic carbocycles. The van der Waals surface area contributed by atoms with Gasteiger partial charge in [0.1, 0.15) is 0 Å². The Morgan fingerprint density at radius 1 is 1.19 bits per heavy atom. The van der Waals surface area contributed by atoms with Crippen LogP contribution in [0.15, 0.2) is 18.3 Å². The average Bonchev–Trinajstić information content (AvgIpc) is 2.75. The van der Waals surface area contributed by atoms with Crippen molar-refractivity contribution in [3.05, 3.63) is 29.6 Å². The van der Waals surface area contributed by atoms with E-state index in [1.165, 1.54) is 17.7 Å². The van der Waals surface area contributed by atoms with Gasteiger partial charge in [0.15, 0.2) is 0 Å². The molecule has 1 aromatic rings. The van der Waals surface area contributed by atoms with Gasteiger partial charge in [-0.1, -0.05) is 33.3 Å². The van der Waals surface area contributed by atoms with Gasteiger partial charge in [-0.15, -0.1) is 0 Å². The van der Waals surface area contributed by atoms with Gasteiger partial charge in [-0.25, -0.2) is 0 Å². The molecule has 0 aliphatic heterocycles. The lowest BCUT2D eigenvalue weighted by Gasteiger charge is -2.34. The van der Waals surface area contributed by atoms with E-state index in [1.807, 2.05) is 12.3 Å². The van der Waals surface area contributed by atoms with E-state index in [-0.39, 0.29) is 5.92 Å². The topological polar surface area (TPSA) is 33.1 Å². The molecule has 0 amide bonds. The molecule has 0 bridgehead atoms. The highest BCUT2D eigenvalue weighted by Crippen LogP contribution is 2.48. The van der Waals surface area contributed by atoms with Gasteiger partial charge in [0.2, 0.25) is 0 Å². The van der Waals surface area contributed by atoms with Gasteiger partial charge in [-0.2, -0.15) is 0 Å². The third-order valence-corrected chi connectivity index (χ3v) is 5.92. The van der Waals surface area contributed by atoms with Crippen LogP contribution in [-0.4, -0.2) is 15.7 Å². The second-order valence-electron chi connectivity index (χ2n) is 8.24. The van der Waals surface area contributed by atoms with Crippen molar-refractivity contribution in [3.8, 4) is 0 Å². The fourth-order valence-corrected chi connectivity index (χ4v) is 4.50. The summed E-state index contributed by atoms with van der Waals surface area (Å²) in [4.78, 5) is 4.60. The van der Waals surface area contributed by atoms with E-state index < -0.39 is 5.60 Å². The molecule has 21 heavy (non-hydrogen) atoms. The molecule has 0 radical (unpaired) electrons. The molecule has 2 aliphatic carbocycles. The number of pyridine rings is 1. The Hall–Kier alpha value is -0.890. The number of rotatable bonds is 1. The molecular weight excluding hydrogens is 258 g/mol. The summed E-state index contributed by atoms with van der Waals surface area (Å²) in [7, 11) is 0. The van der Waals surface area contributed by atoms with Gasteiger partial charge < -0.3 is 5.11 Å². The summed E-state index contributed by atoms with van der Waals surface area (Å²) in [5.74, 6) is 0.989. The Labute approximate surface area is 129 Å². The van der Waals surface area contributed by atoms with Crippen molar-refractivity contribution in [2.45, 2.75) is 77.2 Å². The fourth-order valence-electron chi connectivity index (χ4n) is 4.50. The molecule has 3 atom stereocenters. The number of aliphatic hydroxyl groups is 1. The predicted molar refractivity (Wildman–Crippen MR) is 86.3 cm³/mol. The molecule has 1 heterocycles. The van der Waals surface area contributed by atoms with Crippen molar-refractivity contribution in [1.82, 2.24) is 4.98 Å². The Morgan fingerprint density at radius 2 is 2.00 bits per heavy atom. The first-order chi connectivity index (χ1) is 9.90. The summed E-state index contributed by atoms with van der Waals surface area (Å²) in [6.07, 6.45) is 9.48. The molecule has 0 saturated heterocycles. The SMILES string of the molecule is CC(C)(C)C1CCCC(O)(C2CCc3cccnc32)CC1. The second kappa shape index (κ2) is 5.39. The number of fused-ring (bicyclic) bond motifs is 1. The molecule has 2 nitrogen and oxygen atoms in total. The molecule has 3 unspecified atom stereocenters. The van der Waals surface area contributed by atoms with Crippen LogP contribution < -0.4 is 0 Å². The van der Waals surface area contributed by atoms with Crippen LogP contribution in [0.25, 0.3) is 0 Å². The number of aromatic nitrogens is 1. The van der Waals surface area contributed by atoms with Gasteiger partial charge in [-0.05, 0) is 61.5 Å². The maximum Gasteiger partial charge on any atom is 0.0731 e. The summed E-state index contributed by atoms with van der Waals surface area (Å²) < 4.78 is 0. The third kappa shape index (κ3) is 2.88. The van der Waals surface area contributed by atoms with Crippen molar-refractivity contribution in [2.75, 3.05) is 0 Å². The summed E-state index contributed by atoms with van der Waals surface area (Å²) in [5, 5.41) is 11.3. The highest BCUT2D eigenvalue weighted by molar-refractivity contribution is 5.31. The quantitative estimate of drug-likeness (QED) is 0.773. The first-order valence-electron chi connectivity index (χ1n) is 8.56. The van der Waals surface area contributed by atoms with Crippen LogP contribution in [0.4, 0.5) is 0 Å². The summed E-state index contributed by atoms with van der Waals surface area (Å²) in [5.41, 5.74) is 2.36. The summed E-state index contributed by atoms with van der Waals surface area (Å²) >= 11 is 0. The van der Waals surface area contributed by atoms with E-state index in [4.69, 9.17) is 0 Å². The monoisotopic (exact) mass is 287 g/mol. The number of aryl methyl sites for hydroxylation is 1. The van der Waals surface area contributed by atoms with Crippen molar-refractivity contribution >= 4 is 0 Å². The molecule has 1 aromatic heterocycles. The van der Waals surface area contributed by atoms with E-state index in [0.29, 0.717) is 5.41 Å². The smallest absolute Gasteiger partial charge is 0.0731 e. The Kier molecular flexibility index (Phi) is 3.85. The standard InChI is InChI=1S/C19H29NO/c1-18(2,3)15-7-4-11-19(21,12-10-15)16-9-8-14-6-5-13-20-17(14)16/h5-6,13,15-16,21H,4,7-12H2,1-3H3. The summed E-state index contributed by atoms with van der Waals surface area (Å²) in [6, 6.07) is 4.20. The zero-order valence-corrected chi connectivity index (χ0v) is 13.7. The molecule has 1 saturated carbocycles. The Morgan fingerprint density at radius 3 is 2.76 bits per heavy atom. The molecule has 0 spiro atoms. The second-order valence-corrected chi connectivity index (χ2v) is 8.24. The van der Waals surface area contributed by atoms with Crippen LogP contribution >= 0.6 is 0 Å². The number of nitrogens with zero attached hydrogens (tertiary/aromatic N) is 1. The van der Waals surface area contributed by atoms with Crippen molar-refractivity contribution < 1.29 is 5.11 Å². The van der Waals surface area contributed by atoms with Crippen LogP contribution in [0.1, 0.15) is 76.5 Å². The van der Waals surface area contributed by atoms with Crippen molar-refractivity contribution in [3.63, 3.8) is 0 Å². The van der Waals surface area contributed by atoms with Gasteiger partial charge >= 0.3 is 0 Å². The zero-order valence-electron chi connectivity index (χ0n) is 13.7. The van der Waals surface area contributed by atoms with Crippen LogP contribution in [0.5, 0.6) is 0 Å².